The van der Waals surface area contributed by atoms with Gasteiger partial charge < -0.3 is 0 Å². The first kappa shape index (κ1) is 21.8. The van der Waals surface area contributed by atoms with Crippen LogP contribution in [0.25, 0.3) is 11.1 Å². The molecule has 32 heavy (non-hydrogen) atoms. The summed E-state index contributed by atoms with van der Waals surface area (Å²) in [5.74, 6) is 0. The Morgan fingerprint density at radius 1 is 0.406 bits per heavy atom. The van der Waals surface area contributed by atoms with Gasteiger partial charge in [0.15, 0.2) is 0 Å². The summed E-state index contributed by atoms with van der Waals surface area (Å²) in [7, 11) is 0. The van der Waals surface area contributed by atoms with Crippen LogP contribution in [0.3, 0.4) is 0 Å². The molecule has 0 bridgehead atoms. The lowest BCUT2D eigenvalue weighted by Crippen LogP contribution is -2.04. The summed E-state index contributed by atoms with van der Waals surface area (Å²) in [5, 5.41) is 0. The molecule has 4 aromatic carbocycles. The van der Waals surface area contributed by atoms with Crippen molar-refractivity contribution >= 4 is 11.1 Å². The van der Waals surface area contributed by atoms with E-state index in [4.69, 9.17) is 0 Å². The Morgan fingerprint density at radius 3 is 0.969 bits per heavy atom. The highest BCUT2D eigenvalue weighted by Crippen LogP contribution is 2.41. The summed E-state index contributed by atoms with van der Waals surface area (Å²) < 4.78 is 0. The Kier molecular flexibility index (Phi) is 6.15. The van der Waals surface area contributed by atoms with Gasteiger partial charge in [-0.15, -0.1) is 0 Å². The zero-order valence-electron chi connectivity index (χ0n) is 20.1. The molecule has 0 saturated carbocycles. The van der Waals surface area contributed by atoms with Gasteiger partial charge in [-0.05, 0) is 97.2 Å². The molecule has 0 amide bonds. The van der Waals surface area contributed by atoms with Gasteiger partial charge in [0.05, 0.1) is 0 Å². The third-order valence-corrected chi connectivity index (χ3v) is 6.23. The Hall–Kier alpha value is -3.38. The van der Waals surface area contributed by atoms with Crippen LogP contribution in [0.15, 0.2) is 84.9 Å². The molecule has 0 saturated heterocycles. The molecule has 0 heteroatoms. The van der Waals surface area contributed by atoms with Crippen molar-refractivity contribution in [1.29, 1.82) is 0 Å². The van der Waals surface area contributed by atoms with E-state index >= 15 is 0 Å². The normalized spacial score (nSPS) is 11.9. The predicted octanol–water partition coefficient (Wildman–Crippen LogP) is 8.54. The van der Waals surface area contributed by atoms with E-state index in [1.807, 2.05) is 0 Å². The third kappa shape index (κ3) is 4.18. The van der Waals surface area contributed by atoms with E-state index < -0.39 is 0 Å². The van der Waals surface area contributed by atoms with Gasteiger partial charge in [0.25, 0.3) is 0 Å². The summed E-state index contributed by atoms with van der Waals surface area (Å²) in [4.78, 5) is 0. The van der Waals surface area contributed by atoms with Gasteiger partial charge >= 0.3 is 0 Å². The van der Waals surface area contributed by atoms with E-state index in [1.54, 1.807) is 0 Å². The lowest BCUT2D eigenvalue weighted by Gasteiger charge is -2.24. The number of benzene rings is 4. The van der Waals surface area contributed by atoms with Crippen molar-refractivity contribution in [3.63, 3.8) is 0 Å². The van der Waals surface area contributed by atoms with Crippen LogP contribution >= 0.6 is 0 Å². The van der Waals surface area contributed by atoms with E-state index in [0.717, 1.165) is 0 Å². The monoisotopic (exact) mass is 416 g/mol. The van der Waals surface area contributed by atoms with Crippen LogP contribution in [-0.2, 0) is 0 Å². The quantitative estimate of drug-likeness (QED) is 0.292. The molecule has 4 rings (SSSR count). The minimum atomic E-state index is 1.25. The van der Waals surface area contributed by atoms with Crippen LogP contribution < -0.4 is 0 Å². The third-order valence-electron chi connectivity index (χ3n) is 6.23. The van der Waals surface area contributed by atoms with Crippen molar-refractivity contribution in [2.24, 2.45) is 0 Å². The molecule has 0 aliphatic rings. The standard InChI is InChI=1S/C32H32/c1-21-17-23(3)29(24(4)18-21)31(27-13-9-7-10-14-27)32(28-15-11-8-12-16-28)30-25(5)19-22(2)20-26(30)6/h7-20H,1-6H3/b32-31+. The van der Waals surface area contributed by atoms with Crippen LogP contribution in [0.5, 0.6) is 0 Å². The Morgan fingerprint density at radius 2 is 0.688 bits per heavy atom. The fourth-order valence-electron chi connectivity index (χ4n) is 5.19. The lowest BCUT2D eigenvalue weighted by molar-refractivity contribution is 1.27. The van der Waals surface area contributed by atoms with Crippen LogP contribution in [0, 0.1) is 41.5 Å². The average Bonchev–Trinajstić information content (AvgIpc) is 2.75. The maximum atomic E-state index is 2.31. The number of rotatable bonds is 4. The minimum Gasteiger partial charge on any atom is -0.0622 e. The van der Waals surface area contributed by atoms with Crippen molar-refractivity contribution in [1.82, 2.24) is 0 Å². The summed E-state index contributed by atoms with van der Waals surface area (Å²) >= 11 is 0. The van der Waals surface area contributed by atoms with Crippen molar-refractivity contribution in [2.75, 3.05) is 0 Å². The van der Waals surface area contributed by atoms with Crippen molar-refractivity contribution in [2.45, 2.75) is 41.5 Å². The zero-order valence-corrected chi connectivity index (χ0v) is 20.1. The summed E-state index contributed by atoms with van der Waals surface area (Å²) in [6, 6.07) is 31.0. The van der Waals surface area contributed by atoms with E-state index in [9.17, 15) is 0 Å². The smallest absolute Gasteiger partial charge is 0.00213 e. The molecule has 0 spiro atoms. The second-order valence-electron chi connectivity index (χ2n) is 9.03. The van der Waals surface area contributed by atoms with Gasteiger partial charge in [0.1, 0.15) is 0 Å². The molecule has 4 aromatic rings. The summed E-state index contributed by atoms with van der Waals surface area (Å²) in [6.07, 6.45) is 0. The van der Waals surface area contributed by atoms with E-state index in [1.165, 1.54) is 66.8 Å². The highest BCUT2D eigenvalue weighted by atomic mass is 14.2. The average molecular weight is 417 g/mol. The molecular weight excluding hydrogens is 384 g/mol. The first-order chi connectivity index (χ1) is 15.4. The van der Waals surface area contributed by atoms with Crippen LogP contribution in [0.2, 0.25) is 0 Å². The minimum absolute atomic E-state index is 1.25. The fourth-order valence-corrected chi connectivity index (χ4v) is 5.19. The molecule has 0 nitrogen and oxygen atoms in total. The van der Waals surface area contributed by atoms with Crippen LogP contribution in [-0.4, -0.2) is 0 Å². The maximum Gasteiger partial charge on any atom is -0.00213 e. The summed E-state index contributed by atoms with van der Waals surface area (Å²) in [5.41, 5.74) is 15.7. The van der Waals surface area contributed by atoms with Gasteiger partial charge in [0.2, 0.25) is 0 Å². The Balaban J connectivity index is 2.24. The summed E-state index contributed by atoms with van der Waals surface area (Å²) in [6.45, 7) is 13.3. The molecule has 0 aromatic heterocycles. The van der Waals surface area contributed by atoms with Crippen LogP contribution in [0.4, 0.5) is 0 Å². The van der Waals surface area contributed by atoms with Crippen molar-refractivity contribution < 1.29 is 0 Å². The highest BCUT2D eigenvalue weighted by Gasteiger charge is 2.21. The Labute approximate surface area is 193 Å². The van der Waals surface area contributed by atoms with E-state index in [2.05, 4.69) is 126 Å². The molecule has 0 fully saturated rings. The Bertz CT molecular complexity index is 1140. The second kappa shape index (κ2) is 9.01. The SMILES string of the molecule is Cc1cc(C)c(/C(=C(\c2ccccc2)c2c(C)cc(C)cc2C)c2ccccc2)c(C)c1. The maximum absolute atomic E-state index is 2.31. The first-order valence-corrected chi connectivity index (χ1v) is 11.4. The topological polar surface area (TPSA) is 0 Å². The number of hydrogen-bond acceptors (Lipinski definition) is 0. The van der Waals surface area contributed by atoms with Gasteiger partial charge in [0, 0.05) is 0 Å². The van der Waals surface area contributed by atoms with E-state index in [0.29, 0.717) is 0 Å². The number of hydrogen-bond donors (Lipinski definition) is 0. The molecular formula is C32H32. The van der Waals surface area contributed by atoms with Crippen molar-refractivity contribution in [3.05, 3.63) is 141 Å². The van der Waals surface area contributed by atoms with Crippen LogP contribution in [0.1, 0.15) is 55.6 Å². The van der Waals surface area contributed by atoms with Gasteiger partial charge in [-0.25, -0.2) is 0 Å². The largest absolute Gasteiger partial charge is 0.0622 e. The fraction of sp³-hybridized carbons (Fsp3) is 0.188. The molecule has 0 heterocycles. The lowest BCUT2D eigenvalue weighted by atomic mass is 9.80. The molecule has 0 radical (unpaired) electrons. The molecule has 0 N–H and O–H groups in total. The molecule has 0 aliphatic heterocycles. The number of aryl methyl sites for hydroxylation is 6. The van der Waals surface area contributed by atoms with Gasteiger partial charge in [-0.2, -0.15) is 0 Å². The molecule has 0 aliphatic carbocycles. The zero-order chi connectivity index (χ0) is 22.8. The molecule has 0 atom stereocenters. The van der Waals surface area contributed by atoms with Gasteiger partial charge in [-0.1, -0.05) is 96.1 Å². The predicted molar refractivity (Wildman–Crippen MR) is 139 cm³/mol. The first-order valence-electron chi connectivity index (χ1n) is 11.4. The van der Waals surface area contributed by atoms with Crippen molar-refractivity contribution in [3.8, 4) is 0 Å². The van der Waals surface area contributed by atoms with Gasteiger partial charge in [-0.3, -0.25) is 0 Å². The highest BCUT2D eigenvalue weighted by molar-refractivity contribution is 6.06. The van der Waals surface area contributed by atoms with E-state index in [-0.39, 0.29) is 0 Å². The molecule has 160 valence electrons. The molecule has 0 unspecified atom stereocenters. The second-order valence-corrected chi connectivity index (χ2v) is 9.03.